The Morgan fingerprint density at radius 2 is 0.768 bits per heavy atom. The SMILES string of the molecule is c1ccc(-c2ccc(N(c3ccc(-c4ccccc4)cc3)c3cccc(-c4ccc5oc6ccccc6c5c4-c4cccc(-c5ccccc5)c4)c3)cc2)cc1. The van der Waals surface area contributed by atoms with E-state index >= 15 is 0 Å². The highest BCUT2D eigenvalue weighted by Crippen LogP contribution is 2.45. The molecule has 0 unspecified atom stereocenters. The van der Waals surface area contributed by atoms with Gasteiger partial charge in [-0.1, -0.05) is 170 Å². The number of furan rings is 1. The zero-order valence-electron chi connectivity index (χ0n) is 30.7. The standard InChI is InChI=1S/C54H37NO/c1-4-14-38(15-5-1)41-26-30-46(31-27-41)55(47-32-28-42(29-33-47)39-16-6-2-7-17-39)48-23-13-21-44(37-48)49-34-35-52-54(50-24-10-11-25-51(50)56-52)53(49)45-22-12-20-43(36-45)40-18-8-3-9-19-40/h1-37H. The van der Waals surface area contributed by atoms with E-state index in [0.717, 1.165) is 61.3 Å². The maximum absolute atomic E-state index is 6.47. The summed E-state index contributed by atoms with van der Waals surface area (Å²) in [6.07, 6.45) is 0. The molecular formula is C54H37NO. The Bertz CT molecular complexity index is 2850. The van der Waals surface area contributed by atoms with Crippen molar-refractivity contribution in [2.24, 2.45) is 0 Å². The van der Waals surface area contributed by atoms with Gasteiger partial charge in [0.25, 0.3) is 0 Å². The Morgan fingerprint density at radius 3 is 1.39 bits per heavy atom. The molecule has 0 fully saturated rings. The van der Waals surface area contributed by atoms with Gasteiger partial charge in [0.15, 0.2) is 0 Å². The van der Waals surface area contributed by atoms with Crippen LogP contribution in [0.3, 0.4) is 0 Å². The maximum atomic E-state index is 6.47. The lowest BCUT2D eigenvalue weighted by molar-refractivity contribution is 0.669. The zero-order chi connectivity index (χ0) is 37.3. The third-order valence-electron chi connectivity index (χ3n) is 10.7. The van der Waals surface area contributed by atoms with Crippen LogP contribution in [0.25, 0.3) is 77.6 Å². The average molecular weight is 716 g/mol. The summed E-state index contributed by atoms with van der Waals surface area (Å²) in [5.41, 5.74) is 16.7. The van der Waals surface area contributed by atoms with Gasteiger partial charge in [-0.3, -0.25) is 0 Å². The molecule has 0 saturated carbocycles. The number of benzene rings is 9. The first-order valence-corrected chi connectivity index (χ1v) is 19.1. The lowest BCUT2D eigenvalue weighted by Crippen LogP contribution is -2.10. The Labute approximate surface area is 327 Å². The highest BCUT2D eigenvalue weighted by molar-refractivity contribution is 6.16. The van der Waals surface area contributed by atoms with Gasteiger partial charge >= 0.3 is 0 Å². The van der Waals surface area contributed by atoms with Crippen LogP contribution in [0, 0.1) is 0 Å². The third-order valence-corrected chi connectivity index (χ3v) is 10.7. The van der Waals surface area contributed by atoms with Crippen LogP contribution in [0.2, 0.25) is 0 Å². The Morgan fingerprint density at radius 1 is 0.286 bits per heavy atom. The number of anilines is 3. The molecule has 56 heavy (non-hydrogen) atoms. The van der Waals surface area contributed by atoms with Gasteiger partial charge in [0.1, 0.15) is 11.2 Å². The van der Waals surface area contributed by atoms with Gasteiger partial charge in [-0.2, -0.15) is 0 Å². The molecule has 0 N–H and O–H groups in total. The summed E-state index contributed by atoms with van der Waals surface area (Å²) in [5.74, 6) is 0. The van der Waals surface area contributed by atoms with Crippen molar-refractivity contribution in [1.82, 2.24) is 0 Å². The number of hydrogen-bond donors (Lipinski definition) is 0. The van der Waals surface area contributed by atoms with Crippen LogP contribution in [0.5, 0.6) is 0 Å². The lowest BCUT2D eigenvalue weighted by atomic mass is 9.89. The highest BCUT2D eigenvalue weighted by Gasteiger charge is 2.20. The Hall–Kier alpha value is -7.42. The van der Waals surface area contributed by atoms with E-state index in [1.165, 1.54) is 33.4 Å². The Kier molecular flexibility index (Phi) is 8.55. The predicted molar refractivity (Wildman–Crippen MR) is 236 cm³/mol. The fourth-order valence-electron chi connectivity index (χ4n) is 7.97. The molecule has 0 aliphatic heterocycles. The number of nitrogens with zero attached hydrogens (tertiary/aromatic N) is 1. The van der Waals surface area contributed by atoms with Gasteiger partial charge in [0, 0.05) is 33.4 Å². The van der Waals surface area contributed by atoms with Crippen LogP contribution in [0.1, 0.15) is 0 Å². The van der Waals surface area contributed by atoms with E-state index in [2.05, 4.69) is 223 Å². The van der Waals surface area contributed by atoms with Crippen LogP contribution in [0.4, 0.5) is 17.1 Å². The molecule has 0 bridgehead atoms. The average Bonchev–Trinajstić information content (AvgIpc) is 3.67. The molecule has 10 rings (SSSR count). The molecule has 0 saturated heterocycles. The summed E-state index contributed by atoms with van der Waals surface area (Å²) in [4.78, 5) is 2.36. The fourth-order valence-corrected chi connectivity index (χ4v) is 7.97. The minimum Gasteiger partial charge on any atom is -0.456 e. The van der Waals surface area contributed by atoms with Crippen LogP contribution < -0.4 is 4.90 Å². The summed E-state index contributed by atoms with van der Waals surface area (Å²) >= 11 is 0. The molecule has 264 valence electrons. The van der Waals surface area contributed by atoms with E-state index in [0.29, 0.717) is 0 Å². The zero-order valence-corrected chi connectivity index (χ0v) is 30.7. The molecule has 2 nitrogen and oxygen atoms in total. The molecule has 1 aromatic heterocycles. The summed E-state index contributed by atoms with van der Waals surface area (Å²) in [6, 6.07) is 80.0. The lowest BCUT2D eigenvalue weighted by Gasteiger charge is -2.27. The van der Waals surface area contributed by atoms with E-state index in [9.17, 15) is 0 Å². The molecule has 1 heterocycles. The molecule has 0 radical (unpaired) electrons. The van der Waals surface area contributed by atoms with Gasteiger partial charge < -0.3 is 9.32 Å². The van der Waals surface area contributed by atoms with Crippen LogP contribution >= 0.6 is 0 Å². The molecule has 0 aliphatic carbocycles. The second-order valence-electron chi connectivity index (χ2n) is 14.1. The third kappa shape index (κ3) is 6.24. The molecule has 2 heteroatoms. The Balaban J connectivity index is 1.14. The summed E-state index contributed by atoms with van der Waals surface area (Å²) < 4.78 is 6.47. The largest absolute Gasteiger partial charge is 0.456 e. The first-order valence-electron chi connectivity index (χ1n) is 19.1. The molecule has 10 aromatic rings. The minimum absolute atomic E-state index is 0.879. The van der Waals surface area contributed by atoms with Crippen molar-refractivity contribution in [3.05, 3.63) is 224 Å². The monoisotopic (exact) mass is 715 g/mol. The maximum Gasteiger partial charge on any atom is 0.136 e. The van der Waals surface area contributed by atoms with Gasteiger partial charge in [0.2, 0.25) is 0 Å². The first-order chi connectivity index (χ1) is 27.8. The van der Waals surface area contributed by atoms with E-state index in [1.807, 2.05) is 6.07 Å². The van der Waals surface area contributed by atoms with Gasteiger partial charge in [-0.05, 0) is 105 Å². The van der Waals surface area contributed by atoms with Crippen molar-refractivity contribution < 1.29 is 4.42 Å². The normalized spacial score (nSPS) is 11.2. The van der Waals surface area contributed by atoms with Crippen molar-refractivity contribution >= 4 is 39.0 Å². The smallest absolute Gasteiger partial charge is 0.136 e. The highest BCUT2D eigenvalue weighted by atomic mass is 16.3. The van der Waals surface area contributed by atoms with Crippen LogP contribution in [-0.2, 0) is 0 Å². The van der Waals surface area contributed by atoms with E-state index < -0.39 is 0 Å². The molecule has 0 atom stereocenters. The van der Waals surface area contributed by atoms with Crippen molar-refractivity contribution in [1.29, 1.82) is 0 Å². The molecule has 0 spiro atoms. The predicted octanol–water partition coefficient (Wildman–Crippen LogP) is 15.4. The second kappa shape index (κ2) is 14.4. The van der Waals surface area contributed by atoms with Crippen LogP contribution in [-0.4, -0.2) is 0 Å². The molecule has 9 aromatic carbocycles. The fraction of sp³-hybridized carbons (Fsp3) is 0. The molecule has 0 aliphatic rings. The quantitative estimate of drug-likeness (QED) is 0.156. The second-order valence-corrected chi connectivity index (χ2v) is 14.1. The van der Waals surface area contributed by atoms with E-state index in [-0.39, 0.29) is 0 Å². The number of para-hydroxylation sites is 1. The van der Waals surface area contributed by atoms with Crippen molar-refractivity contribution in [2.75, 3.05) is 4.90 Å². The molecule has 0 amide bonds. The summed E-state index contributed by atoms with van der Waals surface area (Å²) in [7, 11) is 0. The first kappa shape index (κ1) is 33.2. The summed E-state index contributed by atoms with van der Waals surface area (Å²) in [6.45, 7) is 0. The number of rotatable bonds is 8. The minimum atomic E-state index is 0.879. The van der Waals surface area contributed by atoms with Crippen molar-refractivity contribution in [3.8, 4) is 55.6 Å². The number of fused-ring (bicyclic) bond motifs is 3. The van der Waals surface area contributed by atoms with Crippen LogP contribution in [0.15, 0.2) is 229 Å². The van der Waals surface area contributed by atoms with Gasteiger partial charge in [-0.25, -0.2) is 0 Å². The van der Waals surface area contributed by atoms with E-state index in [4.69, 9.17) is 4.42 Å². The summed E-state index contributed by atoms with van der Waals surface area (Å²) in [5, 5.41) is 2.23. The van der Waals surface area contributed by atoms with Crippen molar-refractivity contribution in [3.63, 3.8) is 0 Å². The van der Waals surface area contributed by atoms with Crippen molar-refractivity contribution in [2.45, 2.75) is 0 Å². The van der Waals surface area contributed by atoms with Gasteiger partial charge in [-0.15, -0.1) is 0 Å². The van der Waals surface area contributed by atoms with Gasteiger partial charge in [0.05, 0.1) is 0 Å². The number of hydrogen-bond acceptors (Lipinski definition) is 2. The topological polar surface area (TPSA) is 16.4 Å². The van der Waals surface area contributed by atoms with E-state index in [1.54, 1.807) is 0 Å². The molecular weight excluding hydrogens is 679 g/mol.